The third-order valence-corrected chi connectivity index (χ3v) is 4.39. The minimum Gasteiger partial charge on any atom is -0.396 e. The summed E-state index contributed by atoms with van der Waals surface area (Å²) in [6.45, 7) is 5.24. The fourth-order valence-corrected chi connectivity index (χ4v) is 2.77. The smallest absolute Gasteiger partial charge is 0.314 e. The Morgan fingerprint density at radius 1 is 0.960 bits per heavy atom. The zero-order chi connectivity index (χ0) is 18.1. The summed E-state index contributed by atoms with van der Waals surface area (Å²) in [7, 11) is 0. The molecule has 4 heteroatoms. The highest BCUT2D eigenvalue weighted by atomic mass is 16.3. The van der Waals surface area contributed by atoms with E-state index in [4.69, 9.17) is 5.11 Å². The SMILES string of the molecule is CC(C)(CCO)CNC(=O)NCC(c1ccccc1)c1ccccc1. The van der Waals surface area contributed by atoms with Crippen molar-refractivity contribution in [2.24, 2.45) is 5.41 Å². The molecule has 0 spiro atoms. The first-order valence-electron chi connectivity index (χ1n) is 8.74. The topological polar surface area (TPSA) is 61.4 Å². The lowest BCUT2D eigenvalue weighted by molar-refractivity contribution is 0.201. The summed E-state index contributed by atoms with van der Waals surface area (Å²) in [5.74, 6) is 0.110. The minimum atomic E-state index is -0.178. The van der Waals surface area contributed by atoms with Gasteiger partial charge in [-0.15, -0.1) is 0 Å². The monoisotopic (exact) mass is 340 g/mol. The Labute approximate surface area is 150 Å². The van der Waals surface area contributed by atoms with Crippen molar-refractivity contribution in [1.82, 2.24) is 10.6 Å². The van der Waals surface area contributed by atoms with Crippen molar-refractivity contribution in [3.8, 4) is 0 Å². The molecule has 0 aliphatic carbocycles. The normalized spacial score (nSPS) is 11.4. The zero-order valence-electron chi connectivity index (χ0n) is 15.0. The van der Waals surface area contributed by atoms with Gasteiger partial charge in [-0.2, -0.15) is 0 Å². The maximum absolute atomic E-state index is 12.2. The van der Waals surface area contributed by atoms with Crippen LogP contribution in [0.1, 0.15) is 37.3 Å². The molecule has 134 valence electrons. The average Bonchev–Trinajstić information content (AvgIpc) is 2.62. The summed E-state index contributed by atoms with van der Waals surface area (Å²) in [6, 6.07) is 20.2. The van der Waals surface area contributed by atoms with Crippen LogP contribution >= 0.6 is 0 Å². The maximum Gasteiger partial charge on any atom is 0.314 e. The predicted molar refractivity (Wildman–Crippen MR) is 102 cm³/mol. The van der Waals surface area contributed by atoms with Crippen LogP contribution in [0.15, 0.2) is 60.7 Å². The number of aliphatic hydroxyl groups is 1. The second-order valence-electron chi connectivity index (χ2n) is 7.08. The quantitative estimate of drug-likeness (QED) is 0.688. The Morgan fingerprint density at radius 2 is 1.48 bits per heavy atom. The third-order valence-electron chi connectivity index (χ3n) is 4.39. The van der Waals surface area contributed by atoms with E-state index < -0.39 is 0 Å². The molecule has 2 amide bonds. The van der Waals surface area contributed by atoms with Crippen LogP contribution in [0.25, 0.3) is 0 Å². The van der Waals surface area contributed by atoms with E-state index in [1.165, 1.54) is 11.1 Å². The standard InChI is InChI=1S/C21H28N2O2/c1-21(2,13-14-24)16-23-20(25)22-15-19(17-9-5-3-6-10-17)18-11-7-4-8-12-18/h3-12,19,24H,13-16H2,1-2H3,(H2,22,23,25). The number of carbonyl (C=O) groups is 1. The molecular formula is C21H28N2O2. The summed E-state index contributed by atoms with van der Waals surface area (Å²) in [6.07, 6.45) is 0.657. The van der Waals surface area contributed by atoms with Crippen molar-refractivity contribution in [1.29, 1.82) is 0 Å². The highest BCUT2D eigenvalue weighted by molar-refractivity contribution is 5.74. The Bertz CT molecular complexity index is 602. The first-order chi connectivity index (χ1) is 12.0. The molecule has 0 aromatic heterocycles. The minimum absolute atomic E-state index is 0.110. The number of hydrogen-bond donors (Lipinski definition) is 3. The van der Waals surface area contributed by atoms with E-state index in [0.717, 1.165) is 0 Å². The molecule has 0 aliphatic rings. The predicted octanol–water partition coefficient (Wildman–Crippen LogP) is 3.53. The molecule has 0 saturated heterocycles. The molecule has 0 atom stereocenters. The first-order valence-corrected chi connectivity index (χ1v) is 8.74. The number of rotatable bonds is 8. The van der Waals surface area contributed by atoms with Crippen molar-refractivity contribution < 1.29 is 9.90 Å². The van der Waals surface area contributed by atoms with Gasteiger partial charge in [-0.05, 0) is 23.0 Å². The van der Waals surface area contributed by atoms with Crippen LogP contribution in [0, 0.1) is 5.41 Å². The Balaban J connectivity index is 1.98. The number of amides is 2. The van der Waals surface area contributed by atoms with Gasteiger partial charge in [0.15, 0.2) is 0 Å². The van der Waals surface area contributed by atoms with Crippen molar-refractivity contribution in [3.63, 3.8) is 0 Å². The summed E-state index contributed by atoms with van der Waals surface area (Å²) in [5.41, 5.74) is 2.23. The fourth-order valence-electron chi connectivity index (χ4n) is 2.77. The lowest BCUT2D eigenvalue weighted by atomic mass is 9.90. The number of nitrogens with one attached hydrogen (secondary N) is 2. The molecule has 4 nitrogen and oxygen atoms in total. The van der Waals surface area contributed by atoms with Gasteiger partial charge in [0.2, 0.25) is 0 Å². The number of carbonyl (C=O) groups excluding carboxylic acids is 1. The molecule has 0 heterocycles. The highest BCUT2D eigenvalue weighted by Crippen LogP contribution is 2.23. The fraction of sp³-hybridized carbons (Fsp3) is 0.381. The molecule has 0 bridgehead atoms. The van der Waals surface area contributed by atoms with Crippen LogP contribution in [-0.4, -0.2) is 30.8 Å². The van der Waals surface area contributed by atoms with Crippen LogP contribution in [0.2, 0.25) is 0 Å². The van der Waals surface area contributed by atoms with E-state index in [-0.39, 0.29) is 24.0 Å². The molecule has 0 saturated carbocycles. The molecule has 0 fully saturated rings. The second-order valence-corrected chi connectivity index (χ2v) is 7.08. The number of urea groups is 1. The van der Waals surface area contributed by atoms with E-state index in [1.54, 1.807) is 0 Å². The van der Waals surface area contributed by atoms with Crippen LogP contribution in [0.4, 0.5) is 4.79 Å². The van der Waals surface area contributed by atoms with Crippen molar-refractivity contribution >= 4 is 6.03 Å². The molecule has 25 heavy (non-hydrogen) atoms. The molecule has 0 aliphatic heterocycles. The van der Waals surface area contributed by atoms with Crippen molar-refractivity contribution in [2.75, 3.05) is 19.7 Å². The number of hydrogen-bond acceptors (Lipinski definition) is 2. The molecular weight excluding hydrogens is 312 g/mol. The Hall–Kier alpha value is -2.33. The Kier molecular flexibility index (Phi) is 7.02. The maximum atomic E-state index is 12.2. The summed E-state index contributed by atoms with van der Waals surface area (Å²) >= 11 is 0. The highest BCUT2D eigenvalue weighted by Gasteiger charge is 2.19. The summed E-state index contributed by atoms with van der Waals surface area (Å²) in [5, 5.41) is 15.0. The second kappa shape index (κ2) is 9.23. The van der Waals surface area contributed by atoms with Crippen LogP contribution in [-0.2, 0) is 0 Å². The molecule has 2 rings (SSSR count). The van der Waals surface area contributed by atoms with Gasteiger partial charge in [-0.3, -0.25) is 0 Å². The van der Waals surface area contributed by atoms with Gasteiger partial charge in [0.1, 0.15) is 0 Å². The lowest BCUT2D eigenvalue weighted by Gasteiger charge is -2.24. The molecule has 2 aromatic rings. The van der Waals surface area contributed by atoms with E-state index in [0.29, 0.717) is 19.5 Å². The van der Waals surface area contributed by atoms with Gasteiger partial charge in [0, 0.05) is 25.6 Å². The van der Waals surface area contributed by atoms with Gasteiger partial charge < -0.3 is 15.7 Å². The van der Waals surface area contributed by atoms with Gasteiger partial charge in [0.05, 0.1) is 0 Å². The lowest BCUT2D eigenvalue weighted by Crippen LogP contribution is -2.42. The number of benzene rings is 2. The number of aliphatic hydroxyl groups excluding tert-OH is 1. The summed E-state index contributed by atoms with van der Waals surface area (Å²) in [4.78, 5) is 12.2. The van der Waals surface area contributed by atoms with E-state index >= 15 is 0 Å². The first kappa shape index (κ1) is 19.0. The molecule has 2 aromatic carbocycles. The van der Waals surface area contributed by atoms with Crippen molar-refractivity contribution in [3.05, 3.63) is 71.8 Å². The van der Waals surface area contributed by atoms with Gasteiger partial charge in [-0.1, -0.05) is 74.5 Å². The molecule has 0 unspecified atom stereocenters. The third kappa shape index (κ3) is 6.24. The van der Waals surface area contributed by atoms with Crippen molar-refractivity contribution in [2.45, 2.75) is 26.2 Å². The van der Waals surface area contributed by atoms with Gasteiger partial charge >= 0.3 is 6.03 Å². The van der Waals surface area contributed by atoms with Crippen LogP contribution < -0.4 is 10.6 Å². The van der Waals surface area contributed by atoms with E-state index in [1.807, 2.05) is 50.2 Å². The largest absolute Gasteiger partial charge is 0.396 e. The van der Waals surface area contributed by atoms with Gasteiger partial charge in [0.25, 0.3) is 0 Å². The Morgan fingerprint density at radius 3 is 1.96 bits per heavy atom. The zero-order valence-corrected chi connectivity index (χ0v) is 15.0. The van der Waals surface area contributed by atoms with E-state index in [2.05, 4.69) is 34.9 Å². The average molecular weight is 340 g/mol. The van der Waals surface area contributed by atoms with Gasteiger partial charge in [-0.25, -0.2) is 4.79 Å². The molecule has 0 radical (unpaired) electrons. The van der Waals surface area contributed by atoms with Crippen LogP contribution in [0.3, 0.4) is 0 Å². The van der Waals surface area contributed by atoms with E-state index in [9.17, 15) is 4.79 Å². The molecule has 3 N–H and O–H groups in total. The summed E-state index contributed by atoms with van der Waals surface area (Å²) < 4.78 is 0. The van der Waals surface area contributed by atoms with Crippen LogP contribution in [0.5, 0.6) is 0 Å².